The van der Waals surface area contributed by atoms with Gasteiger partial charge in [-0.2, -0.15) is 5.10 Å². The third kappa shape index (κ3) is 3.85. The second-order valence-electron chi connectivity index (χ2n) is 5.90. The summed E-state index contributed by atoms with van der Waals surface area (Å²) in [6, 6.07) is 8.98. The number of benzene rings is 1. The minimum Gasteiger partial charge on any atom is -0.497 e. The largest absolute Gasteiger partial charge is 0.497 e. The number of likely N-dealkylation sites (tertiary alicyclic amines) is 1. The van der Waals surface area contributed by atoms with Crippen molar-refractivity contribution in [3.05, 3.63) is 42.5 Å². The Balaban J connectivity index is 1.56. The van der Waals surface area contributed by atoms with Crippen molar-refractivity contribution in [3.63, 3.8) is 0 Å². The molecule has 1 atom stereocenters. The number of rotatable bonds is 6. The van der Waals surface area contributed by atoms with Crippen LogP contribution in [0.2, 0.25) is 0 Å². The highest BCUT2D eigenvalue weighted by atomic mass is 16.5. The maximum absolute atomic E-state index is 5.21. The molecule has 1 aliphatic heterocycles. The van der Waals surface area contributed by atoms with E-state index in [1.165, 1.54) is 31.4 Å². The van der Waals surface area contributed by atoms with Crippen LogP contribution in [0, 0.1) is 0 Å². The first-order valence-corrected chi connectivity index (χ1v) is 8.04. The highest BCUT2D eigenvalue weighted by Gasteiger charge is 2.22. The fourth-order valence-corrected chi connectivity index (χ4v) is 3.17. The third-order valence-corrected chi connectivity index (χ3v) is 4.46. The monoisotopic (exact) mass is 300 g/mol. The highest BCUT2D eigenvalue weighted by molar-refractivity contribution is 5.27. The molecule has 0 unspecified atom stereocenters. The van der Waals surface area contributed by atoms with Crippen molar-refractivity contribution in [3.8, 4) is 5.75 Å². The quantitative estimate of drug-likeness (QED) is 0.821. The van der Waals surface area contributed by atoms with Gasteiger partial charge in [-0.25, -0.2) is 4.98 Å². The van der Waals surface area contributed by atoms with E-state index in [0.717, 1.165) is 25.3 Å². The van der Waals surface area contributed by atoms with Crippen molar-refractivity contribution in [2.75, 3.05) is 20.2 Å². The summed E-state index contributed by atoms with van der Waals surface area (Å²) in [7, 11) is 1.71. The lowest BCUT2D eigenvalue weighted by Gasteiger charge is -2.35. The fraction of sp³-hybridized carbons (Fsp3) is 0.529. The second kappa shape index (κ2) is 7.40. The van der Waals surface area contributed by atoms with E-state index in [-0.39, 0.29) is 0 Å². The van der Waals surface area contributed by atoms with Gasteiger partial charge in [0.05, 0.1) is 13.7 Å². The van der Waals surface area contributed by atoms with E-state index in [0.29, 0.717) is 6.04 Å². The summed E-state index contributed by atoms with van der Waals surface area (Å²) >= 11 is 0. The van der Waals surface area contributed by atoms with Gasteiger partial charge >= 0.3 is 0 Å². The van der Waals surface area contributed by atoms with Gasteiger partial charge in [-0.15, -0.1) is 0 Å². The summed E-state index contributed by atoms with van der Waals surface area (Å²) in [6.45, 7) is 3.24. The summed E-state index contributed by atoms with van der Waals surface area (Å²) in [5.74, 6) is 0.922. The molecule has 5 nitrogen and oxygen atoms in total. The molecular formula is C17H24N4O. The van der Waals surface area contributed by atoms with Crippen LogP contribution in [0.1, 0.15) is 24.8 Å². The zero-order valence-electron chi connectivity index (χ0n) is 13.2. The predicted molar refractivity (Wildman–Crippen MR) is 85.9 cm³/mol. The Morgan fingerprint density at radius 1 is 1.23 bits per heavy atom. The lowest BCUT2D eigenvalue weighted by molar-refractivity contribution is 0.131. The number of methoxy groups -OCH3 is 1. The van der Waals surface area contributed by atoms with Crippen LogP contribution in [0.5, 0.6) is 5.75 Å². The van der Waals surface area contributed by atoms with Crippen LogP contribution in [-0.2, 0) is 13.0 Å². The molecule has 1 aromatic heterocycles. The molecule has 22 heavy (non-hydrogen) atoms. The topological polar surface area (TPSA) is 43.2 Å². The first-order valence-electron chi connectivity index (χ1n) is 8.04. The highest BCUT2D eigenvalue weighted by Crippen LogP contribution is 2.19. The van der Waals surface area contributed by atoms with Crippen LogP contribution in [0.4, 0.5) is 0 Å². The standard InChI is InChI=1S/C17H24N4O/c1-22-17-7-5-15(6-8-17)9-11-20-10-3-2-4-16(20)12-21-14-18-13-19-21/h5-8,13-14,16H,2-4,9-12H2,1H3/t16-/m0/s1. The van der Waals surface area contributed by atoms with E-state index >= 15 is 0 Å². The number of hydrogen-bond donors (Lipinski definition) is 0. The van der Waals surface area contributed by atoms with Crippen LogP contribution < -0.4 is 4.74 Å². The summed E-state index contributed by atoms with van der Waals surface area (Å²) in [4.78, 5) is 6.65. The Labute approximate surface area is 131 Å². The first-order chi connectivity index (χ1) is 10.8. The molecule has 2 aromatic rings. The third-order valence-electron chi connectivity index (χ3n) is 4.46. The maximum atomic E-state index is 5.21. The molecule has 1 aromatic carbocycles. The van der Waals surface area contributed by atoms with Gasteiger partial charge in [-0.3, -0.25) is 9.58 Å². The van der Waals surface area contributed by atoms with Gasteiger partial charge in [-0.05, 0) is 43.5 Å². The van der Waals surface area contributed by atoms with Gasteiger partial charge < -0.3 is 4.74 Å². The minimum absolute atomic E-state index is 0.577. The van der Waals surface area contributed by atoms with E-state index in [1.807, 2.05) is 23.1 Å². The molecule has 118 valence electrons. The van der Waals surface area contributed by atoms with Crippen molar-refractivity contribution in [1.29, 1.82) is 0 Å². The van der Waals surface area contributed by atoms with Crippen LogP contribution in [0.3, 0.4) is 0 Å². The van der Waals surface area contributed by atoms with Crippen LogP contribution >= 0.6 is 0 Å². The lowest BCUT2D eigenvalue weighted by Crippen LogP contribution is -2.43. The molecule has 0 aliphatic carbocycles. The molecule has 0 amide bonds. The van der Waals surface area contributed by atoms with E-state index in [2.05, 4.69) is 27.1 Å². The van der Waals surface area contributed by atoms with Crippen LogP contribution in [0.15, 0.2) is 36.9 Å². The summed E-state index contributed by atoms with van der Waals surface area (Å²) in [6.07, 6.45) is 8.38. The van der Waals surface area contributed by atoms with Gasteiger partial charge in [0, 0.05) is 12.6 Å². The SMILES string of the molecule is COc1ccc(CCN2CCCC[C@H]2Cn2cncn2)cc1. The Morgan fingerprint density at radius 2 is 2.09 bits per heavy atom. The molecule has 0 radical (unpaired) electrons. The van der Waals surface area contributed by atoms with Crippen molar-refractivity contribution < 1.29 is 4.74 Å². The minimum atomic E-state index is 0.577. The molecule has 1 fully saturated rings. The summed E-state index contributed by atoms with van der Waals surface area (Å²) in [5, 5.41) is 4.25. The molecule has 0 saturated carbocycles. The molecule has 0 spiro atoms. The number of piperidine rings is 1. The van der Waals surface area contributed by atoms with E-state index in [1.54, 1.807) is 13.4 Å². The Hall–Kier alpha value is -1.88. The van der Waals surface area contributed by atoms with Gasteiger partial charge in [0.25, 0.3) is 0 Å². The van der Waals surface area contributed by atoms with E-state index in [9.17, 15) is 0 Å². The second-order valence-corrected chi connectivity index (χ2v) is 5.90. The normalized spacial score (nSPS) is 19.2. The predicted octanol–water partition coefficient (Wildman–Crippen LogP) is 2.38. The lowest BCUT2D eigenvalue weighted by atomic mass is 10.0. The molecule has 0 bridgehead atoms. The molecule has 1 saturated heterocycles. The number of aromatic nitrogens is 3. The van der Waals surface area contributed by atoms with Crippen LogP contribution in [0.25, 0.3) is 0 Å². The molecule has 3 rings (SSSR count). The average Bonchev–Trinajstić information content (AvgIpc) is 3.07. The number of ether oxygens (including phenoxy) is 1. The zero-order valence-corrected chi connectivity index (χ0v) is 13.2. The average molecular weight is 300 g/mol. The molecule has 5 heteroatoms. The van der Waals surface area contributed by atoms with Gasteiger partial charge in [0.2, 0.25) is 0 Å². The molecule has 0 N–H and O–H groups in total. The molecule has 2 heterocycles. The zero-order chi connectivity index (χ0) is 15.2. The van der Waals surface area contributed by atoms with Crippen molar-refractivity contribution in [2.24, 2.45) is 0 Å². The van der Waals surface area contributed by atoms with Crippen molar-refractivity contribution in [2.45, 2.75) is 38.3 Å². The Morgan fingerprint density at radius 3 is 2.82 bits per heavy atom. The number of nitrogens with zero attached hydrogens (tertiary/aromatic N) is 4. The summed E-state index contributed by atoms with van der Waals surface area (Å²) < 4.78 is 7.17. The van der Waals surface area contributed by atoms with Gasteiger partial charge in [-0.1, -0.05) is 18.6 Å². The van der Waals surface area contributed by atoms with Crippen LogP contribution in [-0.4, -0.2) is 45.9 Å². The summed E-state index contributed by atoms with van der Waals surface area (Å²) in [5.41, 5.74) is 1.37. The van der Waals surface area contributed by atoms with E-state index < -0.39 is 0 Å². The van der Waals surface area contributed by atoms with Gasteiger partial charge in [0.15, 0.2) is 0 Å². The van der Waals surface area contributed by atoms with Crippen molar-refractivity contribution >= 4 is 0 Å². The Bertz CT molecular complexity index is 553. The first kappa shape index (κ1) is 15.0. The van der Waals surface area contributed by atoms with Crippen molar-refractivity contribution in [1.82, 2.24) is 19.7 Å². The van der Waals surface area contributed by atoms with E-state index in [4.69, 9.17) is 4.74 Å². The smallest absolute Gasteiger partial charge is 0.137 e. The fourth-order valence-electron chi connectivity index (χ4n) is 3.17. The maximum Gasteiger partial charge on any atom is 0.137 e. The number of hydrogen-bond acceptors (Lipinski definition) is 4. The molecular weight excluding hydrogens is 276 g/mol. The molecule has 1 aliphatic rings. The van der Waals surface area contributed by atoms with Gasteiger partial charge in [0.1, 0.15) is 18.4 Å². The Kier molecular flexibility index (Phi) is 5.06.